The normalized spacial score (nSPS) is 13.5. The van der Waals surface area contributed by atoms with Gasteiger partial charge in [0, 0.05) is 0 Å². The summed E-state index contributed by atoms with van der Waals surface area (Å²) in [6.07, 6.45) is 1.11. The summed E-state index contributed by atoms with van der Waals surface area (Å²) in [5.74, 6) is -1.54. The Morgan fingerprint density at radius 2 is 1.70 bits per heavy atom. The van der Waals surface area contributed by atoms with Gasteiger partial charge in [-0.3, -0.25) is 9.59 Å². The first-order valence-electron chi connectivity index (χ1n) is 6.45. The predicted molar refractivity (Wildman–Crippen MR) is 73.7 cm³/mol. The summed E-state index contributed by atoms with van der Waals surface area (Å²) in [7, 11) is 0. The molecule has 1 rings (SSSR count). The molecular formula is C14H20N2O4. The average Bonchev–Trinajstić information content (AvgIpc) is 2.45. The third-order valence-corrected chi connectivity index (χ3v) is 2.87. The Bertz CT molecular complexity index is 436. The smallest absolute Gasteiger partial charge is 0.323 e. The van der Waals surface area contributed by atoms with Crippen molar-refractivity contribution >= 4 is 11.9 Å². The Balaban J connectivity index is 2.24. The predicted octanol–water partition coefficient (Wildman–Crippen LogP) is 0.639. The number of hydrogen-bond donors (Lipinski definition) is 3. The minimum Gasteiger partial charge on any atom is -0.480 e. The van der Waals surface area contributed by atoms with E-state index in [1.54, 1.807) is 0 Å². The van der Waals surface area contributed by atoms with Crippen LogP contribution in [0.25, 0.3) is 0 Å². The van der Waals surface area contributed by atoms with E-state index in [4.69, 9.17) is 21.3 Å². The number of hydrogen-bond acceptors (Lipinski definition) is 5. The first kappa shape index (κ1) is 16.1. The molecule has 1 aromatic rings. The standard InChI is InChI=1S/C14H20N2O4/c15-11(13(17)18)7-4-8-12(16)14(19)20-9-10-5-2-1-3-6-10/h1-3,5-6,11-12H,4,7-9,15-16H2,(H,17,18)/t11-,12-/m1/s1. The van der Waals surface area contributed by atoms with Crippen LogP contribution in [0.1, 0.15) is 24.8 Å². The second-order valence-electron chi connectivity index (χ2n) is 4.58. The van der Waals surface area contributed by atoms with Gasteiger partial charge in [0.2, 0.25) is 0 Å². The summed E-state index contributed by atoms with van der Waals surface area (Å²) in [5.41, 5.74) is 11.9. The van der Waals surface area contributed by atoms with Gasteiger partial charge in [-0.2, -0.15) is 0 Å². The average molecular weight is 280 g/mol. The molecule has 20 heavy (non-hydrogen) atoms. The highest BCUT2D eigenvalue weighted by molar-refractivity contribution is 5.75. The van der Waals surface area contributed by atoms with Gasteiger partial charge < -0.3 is 21.3 Å². The number of nitrogens with two attached hydrogens (primary N) is 2. The molecule has 0 fully saturated rings. The molecular weight excluding hydrogens is 260 g/mol. The Kier molecular flexibility index (Phi) is 6.69. The van der Waals surface area contributed by atoms with E-state index in [1.807, 2.05) is 30.3 Å². The van der Waals surface area contributed by atoms with Crippen LogP contribution >= 0.6 is 0 Å². The van der Waals surface area contributed by atoms with Gasteiger partial charge in [-0.05, 0) is 24.8 Å². The number of aliphatic carboxylic acids is 1. The van der Waals surface area contributed by atoms with Crippen molar-refractivity contribution in [2.45, 2.75) is 38.0 Å². The van der Waals surface area contributed by atoms with Crippen LogP contribution in [-0.4, -0.2) is 29.1 Å². The van der Waals surface area contributed by atoms with Crippen LogP contribution in [-0.2, 0) is 20.9 Å². The number of carboxylic acid groups (broad SMARTS) is 1. The van der Waals surface area contributed by atoms with Crippen molar-refractivity contribution in [1.29, 1.82) is 0 Å². The van der Waals surface area contributed by atoms with Gasteiger partial charge in [-0.25, -0.2) is 0 Å². The fraction of sp³-hybridized carbons (Fsp3) is 0.429. The monoisotopic (exact) mass is 280 g/mol. The highest BCUT2D eigenvalue weighted by atomic mass is 16.5. The lowest BCUT2D eigenvalue weighted by atomic mass is 10.1. The Morgan fingerprint density at radius 1 is 1.10 bits per heavy atom. The molecule has 0 radical (unpaired) electrons. The molecule has 6 heteroatoms. The SMILES string of the molecule is N[C@H](CCC[C@@H](N)C(=O)OCc1ccccc1)C(=O)O. The third-order valence-electron chi connectivity index (χ3n) is 2.87. The molecule has 0 saturated carbocycles. The van der Waals surface area contributed by atoms with E-state index in [2.05, 4.69) is 0 Å². The van der Waals surface area contributed by atoms with E-state index >= 15 is 0 Å². The van der Waals surface area contributed by atoms with Crippen molar-refractivity contribution in [3.8, 4) is 0 Å². The highest BCUT2D eigenvalue weighted by Crippen LogP contribution is 2.06. The van der Waals surface area contributed by atoms with Crippen molar-refractivity contribution in [3.63, 3.8) is 0 Å². The van der Waals surface area contributed by atoms with E-state index in [0.29, 0.717) is 12.8 Å². The third kappa shape index (κ3) is 5.81. The lowest BCUT2D eigenvalue weighted by Crippen LogP contribution is -2.34. The summed E-state index contributed by atoms with van der Waals surface area (Å²) in [6.45, 7) is 0.183. The number of carbonyl (C=O) groups excluding carboxylic acids is 1. The molecule has 6 nitrogen and oxygen atoms in total. The van der Waals surface area contributed by atoms with Gasteiger partial charge >= 0.3 is 11.9 Å². The second kappa shape index (κ2) is 8.29. The summed E-state index contributed by atoms with van der Waals surface area (Å²) in [5, 5.41) is 8.62. The number of rotatable bonds is 8. The van der Waals surface area contributed by atoms with E-state index in [9.17, 15) is 9.59 Å². The van der Waals surface area contributed by atoms with Crippen molar-refractivity contribution < 1.29 is 19.4 Å². The van der Waals surface area contributed by atoms with E-state index < -0.39 is 24.0 Å². The van der Waals surface area contributed by atoms with Crippen LogP contribution in [0.5, 0.6) is 0 Å². The van der Waals surface area contributed by atoms with Crippen molar-refractivity contribution in [2.24, 2.45) is 11.5 Å². The lowest BCUT2D eigenvalue weighted by molar-refractivity contribution is -0.146. The van der Waals surface area contributed by atoms with Gasteiger partial charge in [0.15, 0.2) is 0 Å². The highest BCUT2D eigenvalue weighted by Gasteiger charge is 2.17. The molecule has 110 valence electrons. The van der Waals surface area contributed by atoms with Crippen molar-refractivity contribution in [3.05, 3.63) is 35.9 Å². The van der Waals surface area contributed by atoms with Gasteiger partial charge in [0.05, 0.1) is 0 Å². The molecule has 0 aromatic heterocycles. The van der Waals surface area contributed by atoms with Gasteiger partial charge in [0.1, 0.15) is 18.7 Å². The van der Waals surface area contributed by atoms with Crippen LogP contribution in [0.2, 0.25) is 0 Å². The van der Waals surface area contributed by atoms with Gasteiger partial charge in [0.25, 0.3) is 0 Å². The molecule has 0 aliphatic heterocycles. The molecule has 0 saturated heterocycles. The maximum Gasteiger partial charge on any atom is 0.323 e. The molecule has 0 heterocycles. The maximum absolute atomic E-state index is 11.6. The van der Waals surface area contributed by atoms with Gasteiger partial charge in [-0.1, -0.05) is 30.3 Å². The van der Waals surface area contributed by atoms with Crippen molar-refractivity contribution in [2.75, 3.05) is 0 Å². The first-order chi connectivity index (χ1) is 9.50. The fourth-order valence-electron chi connectivity index (χ4n) is 1.63. The number of carbonyl (C=O) groups is 2. The molecule has 1 aromatic carbocycles. The van der Waals surface area contributed by atoms with Crippen LogP contribution < -0.4 is 11.5 Å². The molecule has 0 spiro atoms. The molecule has 2 atom stereocenters. The fourth-order valence-corrected chi connectivity index (χ4v) is 1.63. The summed E-state index contributed by atoms with van der Waals surface area (Å²) < 4.78 is 5.08. The van der Waals surface area contributed by atoms with Crippen LogP contribution in [0.4, 0.5) is 0 Å². The van der Waals surface area contributed by atoms with E-state index in [-0.39, 0.29) is 13.0 Å². The molecule has 0 bridgehead atoms. The minimum atomic E-state index is -1.05. The van der Waals surface area contributed by atoms with Crippen LogP contribution in [0.15, 0.2) is 30.3 Å². The summed E-state index contributed by atoms with van der Waals surface area (Å²) >= 11 is 0. The molecule has 0 aliphatic carbocycles. The zero-order chi connectivity index (χ0) is 15.0. The van der Waals surface area contributed by atoms with E-state index in [0.717, 1.165) is 5.56 Å². The topological polar surface area (TPSA) is 116 Å². The molecule has 0 aliphatic rings. The van der Waals surface area contributed by atoms with Crippen LogP contribution in [0.3, 0.4) is 0 Å². The zero-order valence-corrected chi connectivity index (χ0v) is 11.2. The number of esters is 1. The summed E-state index contributed by atoms with van der Waals surface area (Å²) in [4.78, 5) is 22.2. The van der Waals surface area contributed by atoms with Crippen LogP contribution in [0, 0.1) is 0 Å². The Morgan fingerprint density at radius 3 is 2.30 bits per heavy atom. The molecule has 5 N–H and O–H groups in total. The lowest BCUT2D eigenvalue weighted by Gasteiger charge is -2.12. The molecule has 0 amide bonds. The zero-order valence-electron chi connectivity index (χ0n) is 11.2. The van der Waals surface area contributed by atoms with Crippen molar-refractivity contribution in [1.82, 2.24) is 0 Å². The largest absolute Gasteiger partial charge is 0.480 e. The Hall–Kier alpha value is -1.92. The van der Waals surface area contributed by atoms with Gasteiger partial charge in [-0.15, -0.1) is 0 Å². The number of benzene rings is 1. The number of ether oxygens (including phenoxy) is 1. The second-order valence-corrected chi connectivity index (χ2v) is 4.58. The summed E-state index contributed by atoms with van der Waals surface area (Å²) in [6, 6.07) is 7.63. The van der Waals surface area contributed by atoms with E-state index in [1.165, 1.54) is 0 Å². The quantitative estimate of drug-likeness (QED) is 0.602. The maximum atomic E-state index is 11.6. The minimum absolute atomic E-state index is 0.183. The molecule has 0 unspecified atom stereocenters. The Labute approximate surface area is 117 Å². The first-order valence-corrected chi connectivity index (χ1v) is 6.45. The number of carboxylic acids is 1.